The standard InChI is InChI=1S/C20H25N5O2/c26-20(16-4-2-7-21-11-16)25-9-5-17-18(12-25)23-14-24-19(17)22-8-1-3-15-6-10-27-13-15/h2,4,7,11,14-15H,1,3,5-6,8-10,12-13H2,(H,22,23,24). The first-order valence-electron chi connectivity index (χ1n) is 9.65. The quantitative estimate of drug-likeness (QED) is 0.789. The van der Waals surface area contributed by atoms with Gasteiger partial charge in [0.1, 0.15) is 12.1 Å². The molecule has 2 aliphatic rings. The average Bonchev–Trinajstić information content (AvgIpc) is 3.24. The number of rotatable bonds is 6. The molecule has 1 unspecified atom stereocenters. The van der Waals surface area contributed by atoms with E-state index >= 15 is 0 Å². The van der Waals surface area contributed by atoms with Gasteiger partial charge in [0.25, 0.3) is 5.91 Å². The van der Waals surface area contributed by atoms with Gasteiger partial charge in [0.05, 0.1) is 17.8 Å². The molecule has 2 aliphatic heterocycles. The average molecular weight is 367 g/mol. The molecule has 2 aromatic heterocycles. The Morgan fingerprint density at radius 3 is 3.15 bits per heavy atom. The van der Waals surface area contributed by atoms with E-state index in [9.17, 15) is 4.79 Å². The highest BCUT2D eigenvalue weighted by Crippen LogP contribution is 2.24. The second kappa shape index (κ2) is 8.43. The summed E-state index contributed by atoms with van der Waals surface area (Å²) in [5.74, 6) is 1.62. The molecule has 1 amide bonds. The smallest absolute Gasteiger partial charge is 0.255 e. The van der Waals surface area contributed by atoms with Crippen LogP contribution in [0, 0.1) is 5.92 Å². The molecule has 142 valence electrons. The van der Waals surface area contributed by atoms with E-state index in [1.807, 2.05) is 4.90 Å². The molecule has 0 saturated carbocycles. The molecule has 1 saturated heterocycles. The van der Waals surface area contributed by atoms with Crippen molar-refractivity contribution in [3.8, 4) is 0 Å². The third kappa shape index (κ3) is 4.24. The fraction of sp³-hybridized carbons (Fsp3) is 0.500. The van der Waals surface area contributed by atoms with Crippen LogP contribution in [0.2, 0.25) is 0 Å². The van der Waals surface area contributed by atoms with Crippen LogP contribution in [0.15, 0.2) is 30.9 Å². The van der Waals surface area contributed by atoms with Crippen LogP contribution in [0.25, 0.3) is 0 Å². The molecule has 0 bridgehead atoms. The van der Waals surface area contributed by atoms with Gasteiger partial charge in [0, 0.05) is 44.3 Å². The van der Waals surface area contributed by atoms with Crippen LogP contribution in [0.3, 0.4) is 0 Å². The van der Waals surface area contributed by atoms with Crippen molar-refractivity contribution in [3.05, 3.63) is 47.7 Å². The molecule has 7 heteroatoms. The molecule has 7 nitrogen and oxygen atoms in total. The first kappa shape index (κ1) is 17.9. The van der Waals surface area contributed by atoms with Crippen molar-refractivity contribution in [2.24, 2.45) is 5.92 Å². The van der Waals surface area contributed by atoms with Gasteiger partial charge in [-0.05, 0) is 43.7 Å². The Morgan fingerprint density at radius 2 is 2.33 bits per heavy atom. The van der Waals surface area contributed by atoms with E-state index < -0.39 is 0 Å². The summed E-state index contributed by atoms with van der Waals surface area (Å²) in [6.07, 6.45) is 9.12. The van der Waals surface area contributed by atoms with E-state index in [1.54, 1.807) is 30.9 Å². The zero-order valence-electron chi connectivity index (χ0n) is 15.4. The minimum atomic E-state index is 0.000605. The van der Waals surface area contributed by atoms with Crippen molar-refractivity contribution in [1.82, 2.24) is 19.9 Å². The lowest BCUT2D eigenvalue weighted by Gasteiger charge is -2.29. The summed E-state index contributed by atoms with van der Waals surface area (Å²) in [6, 6.07) is 3.58. The molecule has 4 heterocycles. The molecular weight excluding hydrogens is 342 g/mol. The number of amides is 1. The molecule has 0 radical (unpaired) electrons. The first-order chi connectivity index (χ1) is 13.3. The number of carbonyl (C=O) groups excluding carboxylic acids is 1. The fourth-order valence-corrected chi connectivity index (χ4v) is 3.76. The molecular formula is C20H25N5O2. The summed E-state index contributed by atoms with van der Waals surface area (Å²) in [5.41, 5.74) is 2.68. The molecule has 0 aliphatic carbocycles. The van der Waals surface area contributed by atoms with Crippen LogP contribution >= 0.6 is 0 Å². The van der Waals surface area contributed by atoms with Crippen LogP contribution in [0.1, 0.15) is 40.9 Å². The maximum atomic E-state index is 12.6. The Bertz CT molecular complexity index is 777. The highest BCUT2D eigenvalue weighted by atomic mass is 16.5. The van der Waals surface area contributed by atoms with E-state index in [0.717, 1.165) is 49.7 Å². The number of fused-ring (bicyclic) bond motifs is 1. The largest absolute Gasteiger partial charge is 0.381 e. The van der Waals surface area contributed by atoms with Crippen molar-refractivity contribution < 1.29 is 9.53 Å². The lowest BCUT2D eigenvalue weighted by Crippen LogP contribution is -2.37. The minimum absolute atomic E-state index is 0.000605. The monoisotopic (exact) mass is 367 g/mol. The van der Waals surface area contributed by atoms with Crippen molar-refractivity contribution in [1.29, 1.82) is 0 Å². The molecule has 27 heavy (non-hydrogen) atoms. The summed E-state index contributed by atoms with van der Waals surface area (Å²) in [5, 5.41) is 3.47. The van der Waals surface area contributed by atoms with Gasteiger partial charge in [-0.2, -0.15) is 0 Å². The van der Waals surface area contributed by atoms with E-state index in [2.05, 4.69) is 20.3 Å². The Kier molecular flexibility index (Phi) is 5.58. The molecule has 2 aromatic rings. The molecule has 1 fully saturated rings. The SMILES string of the molecule is O=C(c1cccnc1)N1CCc2c(ncnc2NCCCC2CCOC2)C1. The summed E-state index contributed by atoms with van der Waals surface area (Å²) >= 11 is 0. The number of pyridine rings is 1. The van der Waals surface area contributed by atoms with E-state index in [1.165, 1.54) is 12.8 Å². The molecule has 1 atom stereocenters. The Morgan fingerprint density at radius 1 is 1.37 bits per heavy atom. The number of hydrogen-bond donors (Lipinski definition) is 1. The van der Waals surface area contributed by atoms with Crippen LogP contribution in [-0.4, -0.2) is 52.1 Å². The van der Waals surface area contributed by atoms with E-state index in [-0.39, 0.29) is 5.91 Å². The number of nitrogens with one attached hydrogen (secondary N) is 1. The number of hydrogen-bond acceptors (Lipinski definition) is 6. The zero-order chi connectivity index (χ0) is 18.5. The zero-order valence-corrected chi connectivity index (χ0v) is 15.4. The Balaban J connectivity index is 1.35. The molecule has 0 aromatic carbocycles. The van der Waals surface area contributed by atoms with Crippen LogP contribution in [-0.2, 0) is 17.7 Å². The number of anilines is 1. The Labute approximate surface area is 159 Å². The summed E-state index contributed by atoms with van der Waals surface area (Å²) in [7, 11) is 0. The Hall–Kier alpha value is -2.54. The van der Waals surface area contributed by atoms with Crippen molar-refractivity contribution in [2.75, 3.05) is 31.6 Å². The van der Waals surface area contributed by atoms with Crippen LogP contribution in [0.5, 0.6) is 0 Å². The van der Waals surface area contributed by atoms with E-state index in [0.29, 0.717) is 24.6 Å². The highest BCUT2D eigenvalue weighted by molar-refractivity contribution is 5.94. The number of ether oxygens (including phenoxy) is 1. The maximum absolute atomic E-state index is 12.6. The topological polar surface area (TPSA) is 80.2 Å². The molecule has 1 N–H and O–H groups in total. The predicted octanol–water partition coefficient (Wildman–Crippen LogP) is 2.30. The number of carbonyl (C=O) groups is 1. The van der Waals surface area contributed by atoms with E-state index in [4.69, 9.17) is 4.74 Å². The van der Waals surface area contributed by atoms with Crippen molar-refractivity contribution in [2.45, 2.75) is 32.2 Å². The lowest BCUT2D eigenvalue weighted by molar-refractivity contribution is 0.0731. The van der Waals surface area contributed by atoms with Gasteiger partial charge in [-0.15, -0.1) is 0 Å². The third-order valence-corrected chi connectivity index (χ3v) is 5.31. The highest BCUT2D eigenvalue weighted by Gasteiger charge is 2.25. The van der Waals surface area contributed by atoms with Gasteiger partial charge in [-0.1, -0.05) is 0 Å². The van der Waals surface area contributed by atoms with Crippen LogP contribution in [0.4, 0.5) is 5.82 Å². The minimum Gasteiger partial charge on any atom is -0.381 e. The summed E-state index contributed by atoms with van der Waals surface area (Å²) < 4.78 is 5.43. The number of aromatic nitrogens is 3. The molecule has 4 rings (SSSR count). The van der Waals surface area contributed by atoms with Gasteiger partial charge in [-0.3, -0.25) is 9.78 Å². The van der Waals surface area contributed by atoms with Gasteiger partial charge in [-0.25, -0.2) is 9.97 Å². The molecule has 0 spiro atoms. The van der Waals surface area contributed by atoms with Gasteiger partial charge >= 0.3 is 0 Å². The van der Waals surface area contributed by atoms with Gasteiger partial charge in [0.15, 0.2) is 0 Å². The maximum Gasteiger partial charge on any atom is 0.255 e. The second-order valence-electron chi connectivity index (χ2n) is 7.16. The lowest BCUT2D eigenvalue weighted by atomic mass is 10.0. The van der Waals surface area contributed by atoms with Crippen LogP contribution < -0.4 is 5.32 Å². The second-order valence-corrected chi connectivity index (χ2v) is 7.16. The van der Waals surface area contributed by atoms with Crippen molar-refractivity contribution in [3.63, 3.8) is 0 Å². The van der Waals surface area contributed by atoms with Gasteiger partial charge in [0.2, 0.25) is 0 Å². The van der Waals surface area contributed by atoms with Crippen molar-refractivity contribution >= 4 is 11.7 Å². The normalized spacial score (nSPS) is 19.0. The van der Waals surface area contributed by atoms with Gasteiger partial charge < -0.3 is 15.0 Å². The third-order valence-electron chi connectivity index (χ3n) is 5.31. The summed E-state index contributed by atoms with van der Waals surface area (Å²) in [6.45, 7) is 3.90. The fourth-order valence-electron chi connectivity index (χ4n) is 3.76. The number of nitrogens with zero attached hydrogens (tertiary/aromatic N) is 4. The predicted molar refractivity (Wildman–Crippen MR) is 101 cm³/mol. The summed E-state index contributed by atoms with van der Waals surface area (Å²) in [4.78, 5) is 27.4. The first-order valence-corrected chi connectivity index (χ1v) is 9.65.